The Morgan fingerprint density at radius 2 is 2.31 bits per heavy atom. The predicted octanol–water partition coefficient (Wildman–Crippen LogP) is 0.295. The summed E-state index contributed by atoms with van der Waals surface area (Å²) in [4.78, 5) is 13.1. The summed E-state index contributed by atoms with van der Waals surface area (Å²) in [5.74, 6) is 0.476. The molecular formula is C11H14N2O3. The zero-order valence-corrected chi connectivity index (χ0v) is 9.06. The van der Waals surface area contributed by atoms with Gasteiger partial charge >= 0.3 is 0 Å². The van der Waals surface area contributed by atoms with Crippen molar-refractivity contribution in [3.8, 4) is 5.75 Å². The van der Waals surface area contributed by atoms with Gasteiger partial charge < -0.3 is 20.5 Å². The summed E-state index contributed by atoms with van der Waals surface area (Å²) >= 11 is 0. The minimum Gasteiger partial charge on any atom is -0.482 e. The maximum atomic E-state index is 11.6. The van der Waals surface area contributed by atoms with E-state index in [0.717, 1.165) is 5.56 Å². The lowest BCUT2D eigenvalue weighted by Crippen LogP contribution is -2.40. The van der Waals surface area contributed by atoms with Crippen LogP contribution in [0.5, 0.6) is 5.75 Å². The number of aliphatic hydroxyl groups excluding tert-OH is 1. The number of β-amino-alcohol motifs (C(OH)–C–C–N with tert-alkyl or cyclic N) is 1. The van der Waals surface area contributed by atoms with Gasteiger partial charge in [-0.05, 0) is 24.6 Å². The van der Waals surface area contributed by atoms with Crippen molar-refractivity contribution in [2.24, 2.45) is 0 Å². The van der Waals surface area contributed by atoms with Crippen molar-refractivity contribution in [2.75, 3.05) is 30.4 Å². The smallest absolute Gasteiger partial charge is 0.265 e. The van der Waals surface area contributed by atoms with Crippen molar-refractivity contribution in [1.29, 1.82) is 0 Å². The summed E-state index contributed by atoms with van der Waals surface area (Å²) in [6, 6.07) is 3.51. The quantitative estimate of drug-likeness (QED) is 0.705. The van der Waals surface area contributed by atoms with Gasteiger partial charge in [0.1, 0.15) is 5.75 Å². The van der Waals surface area contributed by atoms with Gasteiger partial charge in [-0.25, -0.2) is 0 Å². The van der Waals surface area contributed by atoms with Gasteiger partial charge in [-0.2, -0.15) is 0 Å². The van der Waals surface area contributed by atoms with Gasteiger partial charge in [0, 0.05) is 12.2 Å². The second-order valence-electron chi connectivity index (χ2n) is 3.73. The molecule has 1 heterocycles. The number of aliphatic hydroxyl groups is 1. The van der Waals surface area contributed by atoms with E-state index in [0.29, 0.717) is 17.1 Å². The highest BCUT2D eigenvalue weighted by Gasteiger charge is 2.25. The number of anilines is 2. The number of carbonyl (C=O) groups is 1. The van der Waals surface area contributed by atoms with Crippen molar-refractivity contribution >= 4 is 17.3 Å². The first kappa shape index (κ1) is 10.8. The van der Waals surface area contributed by atoms with Crippen LogP contribution >= 0.6 is 0 Å². The van der Waals surface area contributed by atoms with Crippen molar-refractivity contribution in [1.82, 2.24) is 0 Å². The third kappa shape index (κ3) is 1.69. The SMILES string of the molecule is Cc1cc2c(cc1N)N(CCO)C(=O)CO2. The maximum absolute atomic E-state index is 11.6. The van der Waals surface area contributed by atoms with E-state index in [1.54, 1.807) is 6.07 Å². The van der Waals surface area contributed by atoms with Crippen LogP contribution in [0, 0.1) is 6.92 Å². The summed E-state index contributed by atoms with van der Waals surface area (Å²) < 4.78 is 5.32. The Hall–Kier alpha value is -1.75. The number of hydrogen-bond donors (Lipinski definition) is 2. The Balaban J connectivity index is 2.46. The zero-order chi connectivity index (χ0) is 11.7. The molecule has 0 aromatic heterocycles. The number of nitrogens with zero attached hydrogens (tertiary/aromatic N) is 1. The van der Waals surface area contributed by atoms with E-state index in [2.05, 4.69) is 0 Å². The molecule has 0 atom stereocenters. The standard InChI is InChI=1S/C11H14N2O3/c1-7-4-10-9(5-8(7)12)13(2-3-14)11(15)6-16-10/h4-5,14H,2-3,6,12H2,1H3. The van der Waals surface area contributed by atoms with Crippen LogP contribution in [-0.2, 0) is 4.79 Å². The largest absolute Gasteiger partial charge is 0.482 e. The fourth-order valence-electron chi connectivity index (χ4n) is 1.71. The van der Waals surface area contributed by atoms with E-state index >= 15 is 0 Å². The predicted molar refractivity (Wildman–Crippen MR) is 60.5 cm³/mol. The maximum Gasteiger partial charge on any atom is 0.265 e. The molecule has 1 amide bonds. The third-order valence-electron chi connectivity index (χ3n) is 2.61. The molecule has 1 aliphatic heterocycles. The van der Waals surface area contributed by atoms with Crippen LogP contribution < -0.4 is 15.4 Å². The molecule has 2 rings (SSSR count). The molecule has 3 N–H and O–H groups in total. The van der Waals surface area contributed by atoms with Gasteiger partial charge in [0.25, 0.3) is 5.91 Å². The Kier molecular flexibility index (Phi) is 2.70. The molecule has 0 bridgehead atoms. The highest BCUT2D eigenvalue weighted by atomic mass is 16.5. The molecule has 0 spiro atoms. The molecule has 1 aliphatic rings. The number of nitrogen functional groups attached to an aromatic ring is 1. The van der Waals surface area contributed by atoms with E-state index in [-0.39, 0.29) is 25.7 Å². The lowest BCUT2D eigenvalue weighted by Gasteiger charge is -2.29. The van der Waals surface area contributed by atoms with E-state index in [9.17, 15) is 4.79 Å². The van der Waals surface area contributed by atoms with Crippen LogP contribution in [-0.4, -0.2) is 30.8 Å². The molecule has 16 heavy (non-hydrogen) atoms. The second-order valence-corrected chi connectivity index (χ2v) is 3.73. The number of nitrogens with two attached hydrogens (primary N) is 1. The Labute approximate surface area is 93.4 Å². The molecule has 5 heteroatoms. The van der Waals surface area contributed by atoms with Crippen LogP contribution in [0.4, 0.5) is 11.4 Å². The zero-order valence-electron chi connectivity index (χ0n) is 9.06. The average molecular weight is 222 g/mol. The molecule has 86 valence electrons. The molecule has 1 aromatic rings. The fourth-order valence-corrected chi connectivity index (χ4v) is 1.71. The van der Waals surface area contributed by atoms with Gasteiger partial charge in [0.15, 0.2) is 6.61 Å². The molecule has 0 saturated carbocycles. The molecule has 1 aromatic carbocycles. The first-order valence-electron chi connectivity index (χ1n) is 5.07. The number of amides is 1. The van der Waals surface area contributed by atoms with Crippen LogP contribution in [0.15, 0.2) is 12.1 Å². The molecule has 0 radical (unpaired) electrons. The number of fused-ring (bicyclic) bond motifs is 1. The Morgan fingerprint density at radius 1 is 1.56 bits per heavy atom. The Morgan fingerprint density at radius 3 is 3.00 bits per heavy atom. The normalized spacial score (nSPS) is 14.6. The van der Waals surface area contributed by atoms with E-state index in [1.165, 1.54) is 4.90 Å². The number of carbonyl (C=O) groups excluding carboxylic acids is 1. The lowest BCUT2D eigenvalue weighted by atomic mass is 10.1. The van der Waals surface area contributed by atoms with Crippen LogP contribution in [0.3, 0.4) is 0 Å². The van der Waals surface area contributed by atoms with Crippen molar-refractivity contribution in [3.05, 3.63) is 17.7 Å². The first-order valence-corrected chi connectivity index (χ1v) is 5.07. The summed E-state index contributed by atoms with van der Waals surface area (Å²) in [6.45, 7) is 2.07. The molecular weight excluding hydrogens is 208 g/mol. The highest BCUT2D eigenvalue weighted by molar-refractivity contribution is 5.98. The van der Waals surface area contributed by atoms with Crippen LogP contribution in [0.1, 0.15) is 5.56 Å². The summed E-state index contributed by atoms with van der Waals surface area (Å²) in [5.41, 5.74) is 7.95. The second kappa shape index (κ2) is 4.02. The summed E-state index contributed by atoms with van der Waals surface area (Å²) in [5, 5.41) is 8.92. The molecule has 0 aliphatic carbocycles. The third-order valence-corrected chi connectivity index (χ3v) is 2.61. The molecule has 0 fully saturated rings. The summed E-state index contributed by atoms with van der Waals surface area (Å²) in [6.07, 6.45) is 0. The number of benzene rings is 1. The molecule has 5 nitrogen and oxygen atoms in total. The Bertz CT molecular complexity index is 431. The number of ether oxygens (including phenoxy) is 1. The van der Waals surface area contributed by atoms with Gasteiger partial charge in [0.05, 0.1) is 12.3 Å². The van der Waals surface area contributed by atoms with Crippen molar-refractivity contribution in [2.45, 2.75) is 6.92 Å². The van der Waals surface area contributed by atoms with Gasteiger partial charge in [-0.3, -0.25) is 4.79 Å². The van der Waals surface area contributed by atoms with Gasteiger partial charge in [-0.15, -0.1) is 0 Å². The monoisotopic (exact) mass is 222 g/mol. The lowest BCUT2D eigenvalue weighted by molar-refractivity contribution is -0.121. The topological polar surface area (TPSA) is 75.8 Å². The minimum atomic E-state index is -0.162. The van der Waals surface area contributed by atoms with Crippen molar-refractivity contribution < 1.29 is 14.6 Å². The fraction of sp³-hybridized carbons (Fsp3) is 0.364. The van der Waals surface area contributed by atoms with Gasteiger partial charge in [-0.1, -0.05) is 0 Å². The van der Waals surface area contributed by atoms with Crippen LogP contribution in [0.2, 0.25) is 0 Å². The first-order chi connectivity index (χ1) is 7.63. The molecule has 0 unspecified atom stereocenters. The van der Waals surface area contributed by atoms with E-state index in [4.69, 9.17) is 15.6 Å². The minimum absolute atomic E-state index is 0.0103. The van der Waals surface area contributed by atoms with Gasteiger partial charge in [0.2, 0.25) is 0 Å². The molecule has 0 saturated heterocycles. The number of hydrogen-bond acceptors (Lipinski definition) is 4. The average Bonchev–Trinajstić information content (AvgIpc) is 2.25. The van der Waals surface area contributed by atoms with E-state index < -0.39 is 0 Å². The number of rotatable bonds is 2. The summed E-state index contributed by atoms with van der Waals surface area (Å²) in [7, 11) is 0. The van der Waals surface area contributed by atoms with Crippen LogP contribution in [0.25, 0.3) is 0 Å². The van der Waals surface area contributed by atoms with Crippen molar-refractivity contribution in [3.63, 3.8) is 0 Å². The number of aryl methyl sites for hydroxylation is 1. The highest BCUT2D eigenvalue weighted by Crippen LogP contribution is 2.35. The van der Waals surface area contributed by atoms with E-state index in [1.807, 2.05) is 13.0 Å².